The van der Waals surface area contributed by atoms with Gasteiger partial charge >= 0.3 is 0 Å². The Balaban J connectivity index is 2.50. The predicted octanol–water partition coefficient (Wildman–Crippen LogP) is 2.86. The van der Waals surface area contributed by atoms with Crippen LogP contribution in [-0.2, 0) is 16.4 Å². The molecule has 0 heterocycles. The number of hydrogen-bond donors (Lipinski definition) is 0. The summed E-state index contributed by atoms with van der Waals surface area (Å²) in [5.41, 5.74) is 0.950. The quantitative estimate of drug-likeness (QED) is 0.811. The van der Waals surface area contributed by atoms with E-state index in [-0.39, 0.29) is 5.75 Å². The van der Waals surface area contributed by atoms with Crippen molar-refractivity contribution in [2.45, 2.75) is 13.0 Å². The molecule has 0 amide bonds. The maximum Gasteiger partial charge on any atom is 0.147 e. The van der Waals surface area contributed by atoms with Gasteiger partial charge in [0.2, 0.25) is 0 Å². The molecule has 0 aliphatic carbocycles. The molecule has 3 nitrogen and oxygen atoms in total. The summed E-state index contributed by atoms with van der Waals surface area (Å²) >= 11 is 12.0. The van der Waals surface area contributed by atoms with Crippen molar-refractivity contribution in [2.75, 3.05) is 25.6 Å². The smallest absolute Gasteiger partial charge is 0.147 e. The maximum absolute atomic E-state index is 11.0. The monoisotopic (exact) mass is 309 g/mol. The Labute approximate surface area is 119 Å². The van der Waals surface area contributed by atoms with Gasteiger partial charge in [0.15, 0.2) is 0 Å². The van der Waals surface area contributed by atoms with Crippen LogP contribution in [0, 0.1) is 0 Å². The standard InChI is InChI=1S/C12H17Cl2NO2S/c1-15(7-4-8-18(2,16)17)9-10-5-3-6-11(13)12(10)14/h3,5-6H,4,7-9H2,1-2H3. The first-order valence-electron chi connectivity index (χ1n) is 5.59. The molecule has 0 radical (unpaired) electrons. The van der Waals surface area contributed by atoms with Crippen molar-refractivity contribution in [3.05, 3.63) is 33.8 Å². The maximum atomic E-state index is 11.0. The molecule has 0 atom stereocenters. The summed E-state index contributed by atoms with van der Waals surface area (Å²) in [6.45, 7) is 1.36. The lowest BCUT2D eigenvalue weighted by molar-refractivity contribution is 0.328. The predicted molar refractivity (Wildman–Crippen MR) is 77.1 cm³/mol. The Bertz CT molecular complexity index is 503. The third-order valence-electron chi connectivity index (χ3n) is 2.53. The molecule has 0 aromatic heterocycles. The number of benzene rings is 1. The van der Waals surface area contributed by atoms with E-state index in [0.717, 1.165) is 5.56 Å². The van der Waals surface area contributed by atoms with Gasteiger partial charge < -0.3 is 4.90 Å². The molecule has 0 fully saturated rings. The Hall–Kier alpha value is -0.290. The van der Waals surface area contributed by atoms with Crippen LogP contribution in [0.25, 0.3) is 0 Å². The van der Waals surface area contributed by atoms with Gasteiger partial charge in [0.25, 0.3) is 0 Å². The van der Waals surface area contributed by atoms with E-state index in [9.17, 15) is 8.42 Å². The highest BCUT2D eigenvalue weighted by atomic mass is 35.5. The van der Waals surface area contributed by atoms with Gasteiger partial charge in [-0.3, -0.25) is 0 Å². The Morgan fingerprint density at radius 2 is 1.94 bits per heavy atom. The molecule has 1 rings (SSSR count). The highest BCUT2D eigenvalue weighted by molar-refractivity contribution is 7.90. The number of rotatable bonds is 6. The van der Waals surface area contributed by atoms with Crippen LogP contribution in [0.3, 0.4) is 0 Å². The van der Waals surface area contributed by atoms with Crippen molar-refractivity contribution in [3.63, 3.8) is 0 Å². The van der Waals surface area contributed by atoms with Gasteiger partial charge in [-0.2, -0.15) is 0 Å². The lowest BCUT2D eigenvalue weighted by Crippen LogP contribution is -2.21. The fourth-order valence-corrected chi connectivity index (χ4v) is 2.67. The second-order valence-electron chi connectivity index (χ2n) is 4.43. The normalized spacial score (nSPS) is 12.1. The van der Waals surface area contributed by atoms with Crippen LogP contribution >= 0.6 is 23.2 Å². The SMILES string of the molecule is CN(CCCS(C)(=O)=O)Cc1cccc(Cl)c1Cl. The zero-order valence-electron chi connectivity index (χ0n) is 10.5. The van der Waals surface area contributed by atoms with Crippen LogP contribution in [0.1, 0.15) is 12.0 Å². The molecule has 18 heavy (non-hydrogen) atoms. The van der Waals surface area contributed by atoms with E-state index < -0.39 is 9.84 Å². The molecule has 0 unspecified atom stereocenters. The van der Waals surface area contributed by atoms with Crippen molar-refractivity contribution in [1.29, 1.82) is 0 Å². The Kier molecular flexibility index (Phi) is 5.92. The van der Waals surface area contributed by atoms with E-state index in [0.29, 0.717) is 29.6 Å². The number of halogens is 2. The Morgan fingerprint density at radius 3 is 2.56 bits per heavy atom. The number of nitrogens with zero attached hydrogens (tertiary/aromatic N) is 1. The van der Waals surface area contributed by atoms with Crippen LogP contribution in [-0.4, -0.2) is 38.9 Å². The summed E-state index contributed by atoms with van der Waals surface area (Å²) < 4.78 is 22.0. The topological polar surface area (TPSA) is 37.4 Å². The molecule has 0 saturated carbocycles. The van der Waals surface area contributed by atoms with Gasteiger partial charge in [-0.25, -0.2) is 8.42 Å². The van der Waals surface area contributed by atoms with Crippen LogP contribution in [0.5, 0.6) is 0 Å². The van der Waals surface area contributed by atoms with Gasteiger partial charge in [0.1, 0.15) is 9.84 Å². The van der Waals surface area contributed by atoms with Gasteiger partial charge in [0.05, 0.1) is 15.8 Å². The van der Waals surface area contributed by atoms with Crippen molar-refractivity contribution in [3.8, 4) is 0 Å². The van der Waals surface area contributed by atoms with E-state index >= 15 is 0 Å². The summed E-state index contributed by atoms with van der Waals surface area (Å²) in [7, 11) is -0.951. The molecular formula is C12H17Cl2NO2S. The fraction of sp³-hybridized carbons (Fsp3) is 0.500. The van der Waals surface area contributed by atoms with Crippen LogP contribution in [0.15, 0.2) is 18.2 Å². The average molecular weight is 310 g/mol. The first-order chi connectivity index (χ1) is 8.29. The molecule has 0 aliphatic rings. The zero-order chi connectivity index (χ0) is 13.8. The van der Waals surface area contributed by atoms with Gasteiger partial charge in [-0.15, -0.1) is 0 Å². The van der Waals surface area contributed by atoms with E-state index in [1.165, 1.54) is 6.26 Å². The van der Waals surface area contributed by atoms with Gasteiger partial charge in [0, 0.05) is 12.8 Å². The largest absolute Gasteiger partial charge is 0.302 e. The van der Waals surface area contributed by atoms with Crippen molar-refractivity contribution < 1.29 is 8.42 Å². The summed E-state index contributed by atoms with van der Waals surface area (Å²) in [4.78, 5) is 2.03. The van der Waals surface area contributed by atoms with Crippen LogP contribution < -0.4 is 0 Å². The molecule has 0 saturated heterocycles. The minimum absolute atomic E-state index is 0.209. The molecule has 102 valence electrons. The fourth-order valence-electron chi connectivity index (χ4n) is 1.64. The first kappa shape index (κ1) is 15.8. The van der Waals surface area contributed by atoms with Crippen molar-refractivity contribution in [2.24, 2.45) is 0 Å². The second-order valence-corrected chi connectivity index (χ2v) is 7.48. The number of hydrogen-bond acceptors (Lipinski definition) is 3. The van der Waals surface area contributed by atoms with E-state index in [1.807, 2.05) is 24.1 Å². The second kappa shape index (κ2) is 6.75. The van der Waals surface area contributed by atoms with E-state index in [4.69, 9.17) is 23.2 Å². The van der Waals surface area contributed by atoms with E-state index in [2.05, 4.69) is 0 Å². The van der Waals surface area contributed by atoms with Crippen LogP contribution in [0.2, 0.25) is 10.0 Å². The molecule has 0 aliphatic heterocycles. The molecule has 1 aromatic rings. The minimum atomic E-state index is -2.88. The lowest BCUT2D eigenvalue weighted by Gasteiger charge is -2.17. The third kappa shape index (κ3) is 5.57. The molecule has 0 spiro atoms. The Morgan fingerprint density at radius 1 is 1.28 bits per heavy atom. The van der Waals surface area contributed by atoms with Gasteiger partial charge in [-0.1, -0.05) is 35.3 Å². The average Bonchev–Trinajstić information content (AvgIpc) is 2.23. The summed E-state index contributed by atoms with van der Waals surface area (Å²) in [6.07, 6.45) is 1.87. The molecule has 6 heteroatoms. The van der Waals surface area contributed by atoms with Crippen molar-refractivity contribution in [1.82, 2.24) is 4.90 Å². The van der Waals surface area contributed by atoms with Crippen molar-refractivity contribution >= 4 is 33.0 Å². The van der Waals surface area contributed by atoms with Gasteiger partial charge in [-0.05, 0) is 31.6 Å². The highest BCUT2D eigenvalue weighted by Gasteiger charge is 2.08. The molecule has 1 aromatic carbocycles. The summed E-state index contributed by atoms with van der Waals surface area (Å²) in [5.74, 6) is 0.209. The molecule has 0 bridgehead atoms. The molecular weight excluding hydrogens is 293 g/mol. The highest BCUT2D eigenvalue weighted by Crippen LogP contribution is 2.26. The first-order valence-corrected chi connectivity index (χ1v) is 8.40. The van der Waals surface area contributed by atoms with E-state index in [1.54, 1.807) is 6.07 Å². The summed E-state index contributed by atoms with van der Waals surface area (Å²) in [6, 6.07) is 5.52. The minimum Gasteiger partial charge on any atom is -0.302 e. The third-order valence-corrected chi connectivity index (χ3v) is 4.42. The lowest BCUT2D eigenvalue weighted by atomic mass is 10.2. The number of sulfone groups is 1. The molecule has 0 N–H and O–H groups in total. The van der Waals surface area contributed by atoms with Crippen LogP contribution in [0.4, 0.5) is 0 Å². The zero-order valence-corrected chi connectivity index (χ0v) is 12.8. The summed E-state index contributed by atoms with van der Waals surface area (Å²) in [5, 5.41) is 1.10.